The zero-order chi connectivity index (χ0) is 11.7. The van der Waals surface area contributed by atoms with E-state index in [4.69, 9.17) is 4.98 Å². The molecule has 0 amide bonds. The minimum atomic E-state index is 0.118. The van der Waals surface area contributed by atoms with E-state index in [0.717, 1.165) is 22.2 Å². The summed E-state index contributed by atoms with van der Waals surface area (Å²) in [6, 6.07) is 0.595. The van der Waals surface area contributed by atoms with Crippen LogP contribution in [0.25, 0.3) is 0 Å². The monoisotopic (exact) mass is 240 g/mol. The quantitative estimate of drug-likeness (QED) is 0.882. The van der Waals surface area contributed by atoms with Gasteiger partial charge in [-0.15, -0.1) is 0 Å². The smallest absolute Gasteiger partial charge is 0.186 e. The van der Waals surface area contributed by atoms with Crippen molar-refractivity contribution in [2.45, 2.75) is 52.2 Å². The van der Waals surface area contributed by atoms with Crippen molar-refractivity contribution in [1.29, 1.82) is 0 Å². The molecule has 4 heteroatoms. The Labute approximate surface area is 101 Å². The van der Waals surface area contributed by atoms with Crippen LogP contribution in [0.3, 0.4) is 0 Å². The fourth-order valence-corrected chi connectivity index (χ4v) is 3.46. The Morgan fingerprint density at radius 2 is 2.31 bits per heavy atom. The molecule has 0 aliphatic carbocycles. The van der Waals surface area contributed by atoms with Crippen LogP contribution >= 0.6 is 11.3 Å². The van der Waals surface area contributed by atoms with E-state index in [-0.39, 0.29) is 6.61 Å². The first kappa shape index (κ1) is 11.9. The van der Waals surface area contributed by atoms with Gasteiger partial charge in [-0.2, -0.15) is 0 Å². The maximum Gasteiger partial charge on any atom is 0.186 e. The molecule has 3 nitrogen and oxygen atoms in total. The lowest BCUT2D eigenvalue weighted by molar-refractivity contribution is 0.283. The third-order valence-electron chi connectivity index (χ3n) is 3.21. The molecule has 0 saturated carbocycles. The second kappa shape index (κ2) is 4.72. The van der Waals surface area contributed by atoms with Crippen molar-refractivity contribution >= 4 is 16.5 Å². The highest BCUT2D eigenvalue weighted by atomic mass is 32.1. The van der Waals surface area contributed by atoms with E-state index in [1.807, 2.05) is 0 Å². The maximum absolute atomic E-state index is 9.34. The zero-order valence-electron chi connectivity index (χ0n) is 10.2. The van der Waals surface area contributed by atoms with Gasteiger partial charge in [0.25, 0.3) is 0 Å². The van der Waals surface area contributed by atoms with Crippen molar-refractivity contribution in [2.24, 2.45) is 0 Å². The first-order valence-corrected chi connectivity index (χ1v) is 6.82. The van der Waals surface area contributed by atoms with E-state index in [1.54, 1.807) is 11.3 Å². The van der Waals surface area contributed by atoms with E-state index in [1.165, 1.54) is 12.8 Å². The fraction of sp³-hybridized carbons (Fsp3) is 0.750. The molecule has 1 atom stereocenters. The average Bonchev–Trinajstić information content (AvgIpc) is 2.82. The van der Waals surface area contributed by atoms with Gasteiger partial charge < -0.3 is 10.0 Å². The molecule has 1 N–H and O–H groups in total. The molecular formula is C12H20N2OS. The summed E-state index contributed by atoms with van der Waals surface area (Å²) in [5, 5.41) is 10.4. The topological polar surface area (TPSA) is 36.4 Å². The number of aromatic nitrogens is 1. The molecule has 1 aliphatic rings. The Morgan fingerprint density at radius 1 is 1.56 bits per heavy atom. The minimum absolute atomic E-state index is 0.118. The standard InChI is InChI=1S/C12H20N2OS/c1-8(2)11-10(7-15)16-12(13-11)14-6-4-5-9(14)3/h8-9,15H,4-7H2,1-3H3. The lowest BCUT2D eigenvalue weighted by atomic mass is 10.1. The second-order valence-corrected chi connectivity index (χ2v) is 5.86. The second-order valence-electron chi connectivity index (χ2n) is 4.80. The molecule has 16 heavy (non-hydrogen) atoms. The first-order chi connectivity index (χ1) is 7.63. The van der Waals surface area contributed by atoms with Crippen LogP contribution < -0.4 is 4.90 Å². The van der Waals surface area contributed by atoms with Crippen LogP contribution in [0.15, 0.2) is 0 Å². The number of hydrogen-bond acceptors (Lipinski definition) is 4. The molecule has 2 heterocycles. The molecule has 1 aliphatic heterocycles. The normalized spacial score (nSPS) is 21.1. The number of aliphatic hydroxyl groups excluding tert-OH is 1. The fourth-order valence-electron chi connectivity index (χ4n) is 2.26. The molecule has 1 fully saturated rings. The molecule has 2 rings (SSSR count). The van der Waals surface area contributed by atoms with Gasteiger partial charge >= 0.3 is 0 Å². The third-order valence-corrected chi connectivity index (χ3v) is 4.30. The van der Waals surface area contributed by atoms with Gasteiger partial charge in [0.15, 0.2) is 5.13 Å². The largest absolute Gasteiger partial charge is 0.391 e. The molecule has 0 aromatic carbocycles. The lowest BCUT2D eigenvalue weighted by Crippen LogP contribution is -2.26. The number of anilines is 1. The third kappa shape index (κ3) is 2.09. The highest BCUT2D eigenvalue weighted by molar-refractivity contribution is 7.15. The Kier molecular flexibility index (Phi) is 3.50. The summed E-state index contributed by atoms with van der Waals surface area (Å²) in [6.45, 7) is 7.74. The van der Waals surface area contributed by atoms with E-state index in [2.05, 4.69) is 25.7 Å². The zero-order valence-corrected chi connectivity index (χ0v) is 11.0. The predicted molar refractivity (Wildman–Crippen MR) is 68.2 cm³/mol. The van der Waals surface area contributed by atoms with E-state index >= 15 is 0 Å². The van der Waals surface area contributed by atoms with Crippen LogP contribution in [-0.2, 0) is 6.61 Å². The van der Waals surface area contributed by atoms with Gasteiger partial charge in [-0.1, -0.05) is 25.2 Å². The van der Waals surface area contributed by atoms with Gasteiger partial charge in [0.2, 0.25) is 0 Å². The van der Waals surface area contributed by atoms with Crippen LogP contribution in [-0.4, -0.2) is 22.7 Å². The summed E-state index contributed by atoms with van der Waals surface area (Å²) >= 11 is 1.65. The Bertz CT molecular complexity index is 362. The summed E-state index contributed by atoms with van der Waals surface area (Å²) < 4.78 is 0. The van der Waals surface area contributed by atoms with Gasteiger partial charge in [0.05, 0.1) is 17.2 Å². The summed E-state index contributed by atoms with van der Waals surface area (Å²) in [5.74, 6) is 0.394. The Hall–Kier alpha value is -0.610. The SMILES string of the molecule is CC(C)c1nc(N2CCCC2C)sc1CO. The average molecular weight is 240 g/mol. The van der Waals surface area contributed by atoms with Gasteiger partial charge in [-0.05, 0) is 25.7 Å². The summed E-state index contributed by atoms with van der Waals surface area (Å²) in [7, 11) is 0. The van der Waals surface area contributed by atoms with E-state index < -0.39 is 0 Å². The summed E-state index contributed by atoms with van der Waals surface area (Å²) in [4.78, 5) is 8.10. The van der Waals surface area contributed by atoms with Gasteiger partial charge in [-0.3, -0.25) is 0 Å². The van der Waals surface area contributed by atoms with Crippen molar-refractivity contribution in [1.82, 2.24) is 4.98 Å². The van der Waals surface area contributed by atoms with Crippen molar-refractivity contribution in [3.63, 3.8) is 0 Å². The Balaban J connectivity index is 2.28. The molecule has 90 valence electrons. The first-order valence-electron chi connectivity index (χ1n) is 6.00. The molecule has 1 aromatic rings. The number of rotatable bonds is 3. The lowest BCUT2D eigenvalue weighted by Gasteiger charge is -2.19. The number of aliphatic hydroxyl groups is 1. The Morgan fingerprint density at radius 3 is 2.75 bits per heavy atom. The molecule has 1 saturated heterocycles. The predicted octanol–water partition coefficient (Wildman–Crippen LogP) is 2.75. The molecule has 1 aromatic heterocycles. The van der Waals surface area contributed by atoms with Crippen molar-refractivity contribution in [3.05, 3.63) is 10.6 Å². The number of hydrogen-bond donors (Lipinski definition) is 1. The van der Waals surface area contributed by atoms with Crippen molar-refractivity contribution in [2.75, 3.05) is 11.4 Å². The molecular weight excluding hydrogens is 220 g/mol. The van der Waals surface area contributed by atoms with Gasteiger partial charge in [0.1, 0.15) is 0 Å². The maximum atomic E-state index is 9.34. The molecule has 0 spiro atoms. The minimum Gasteiger partial charge on any atom is -0.391 e. The number of thiazole rings is 1. The summed E-state index contributed by atoms with van der Waals surface area (Å²) in [5.41, 5.74) is 1.07. The van der Waals surface area contributed by atoms with E-state index in [0.29, 0.717) is 12.0 Å². The van der Waals surface area contributed by atoms with Crippen molar-refractivity contribution < 1.29 is 5.11 Å². The van der Waals surface area contributed by atoms with Crippen molar-refractivity contribution in [3.8, 4) is 0 Å². The number of nitrogens with zero attached hydrogens (tertiary/aromatic N) is 2. The highest BCUT2D eigenvalue weighted by Crippen LogP contribution is 2.34. The highest BCUT2D eigenvalue weighted by Gasteiger charge is 2.25. The van der Waals surface area contributed by atoms with Crippen LogP contribution in [0.1, 0.15) is 50.1 Å². The van der Waals surface area contributed by atoms with Gasteiger partial charge in [0, 0.05) is 12.6 Å². The molecule has 0 bridgehead atoms. The van der Waals surface area contributed by atoms with E-state index in [9.17, 15) is 5.11 Å². The van der Waals surface area contributed by atoms with Crippen LogP contribution in [0.4, 0.5) is 5.13 Å². The molecule has 1 unspecified atom stereocenters. The van der Waals surface area contributed by atoms with Gasteiger partial charge in [-0.25, -0.2) is 4.98 Å². The summed E-state index contributed by atoms with van der Waals surface area (Å²) in [6.07, 6.45) is 2.51. The molecule has 0 radical (unpaired) electrons. The van der Waals surface area contributed by atoms with Crippen LogP contribution in [0, 0.1) is 0 Å². The van der Waals surface area contributed by atoms with Crippen LogP contribution in [0.2, 0.25) is 0 Å². The van der Waals surface area contributed by atoms with Crippen LogP contribution in [0.5, 0.6) is 0 Å².